The average Bonchev–Trinajstić information content (AvgIpc) is 3.27. The number of rotatable bonds is 9. The fourth-order valence-corrected chi connectivity index (χ4v) is 10.2. The number of ether oxygens (including phenoxy) is 1. The van der Waals surface area contributed by atoms with Crippen molar-refractivity contribution >= 4 is 21.6 Å². The molecule has 0 spiro atoms. The van der Waals surface area contributed by atoms with Crippen molar-refractivity contribution in [2.75, 3.05) is 50.0 Å². The number of hydrogen-bond acceptors (Lipinski definition) is 7. The molecular formula is C30H48N4O5S. The molecule has 3 N–H and O–H groups in total. The van der Waals surface area contributed by atoms with E-state index in [0.29, 0.717) is 45.3 Å². The molecule has 2 aliphatic heterocycles. The Morgan fingerprint density at radius 2 is 1.80 bits per heavy atom. The number of aliphatic hydroxyl groups is 1. The number of carbonyl (C=O) groups excluding carboxylic acids is 1. The summed E-state index contributed by atoms with van der Waals surface area (Å²) in [6.45, 7) is 11.6. The number of aryl methyl sites for hydroxylation is 1. The quantitative estimate of drug-likeness (QED) is 0.414. The van der Waals surface area contributed by atoms with Crippen molar-refractivity contribution in [2.45, 2.75) is 84.0 Å². The van der Waals surface area contributed by atoms with Gasteiger partial charge < -0.3 is 25.4 Å². The molecule has 9 nitrogen and oxygen atoms in total. The molecule has 2 aliphatic carbocycles. The Balaban J connectivity index is 1.29. The summed E-state index contributed by atoms with van der Waals surface area (Å²) in [5.74, 6) is 0.170. The van der Waals surface area contributed by atoms with Crippen molar-refractivity contribution in [3.05, 3.63) is 29.8 Å². The lowest BCUT2D eigenvalue weighted by Gasteiger charge is -2.45. The van der Waals surface area contributed by atoms with E-state index >= 15 is 0 Å². The van der Waals surface area contributed by atoms with E-state index in [1.54, 1.807) is 11.2 Å². The van der Waals surface area contributed by atoms with Gasteiger partial charge in [0.2, 0.25) is 15.9 Å². The highest BCUT2D eigenvalue weighted by atomic mass is 32.2. The minimum Gasteiger partial charge on any atom is -0.391 e. The Bertz CT molecular complexity index is 1160. The average molecular weight is 577 g/mol. The number of amides is 1. The second-order valence-corrected chi connectivity index (χ2v) is 15.1. The van der Waals surface area contributed by atoms with Crippen LogP contribution in [0.25, 0.3) is 0 Å². The summed E-state index contributed by atoms with van der Waals surface area (Å²) in [6.07, 6.45) is 3.28. The van der Waals surface area contributed by atoms with Crippen molar-refractivity contribution in [2.24, 2.45) is 16.7 Å². The molecule has 2 saturated heterocycles. The maximum atomic E-state index is 14.0. The number of piperazine rings is 1. The Kier molecular flexibility index (Phi) is 8.57. The summed E-state index contributed by atoms with van der Waals surface area (Å²) in [7, 11) is -3.55. The Morgan fingerprint density at radius 3 is 2.42 bits per heavy atom. The van der Waals surface area contributed by atoms with E-state index in [1.165, 1.54) is 11.3 Å². The summed E-state index contributed by atoms with van der Waals surface area (Å²) >= 11 is 0. The van der Waals surface area contributed by atoms with Gasteiger partial charge in [-0.3, -0.25) is 4.79 Å². The van der Waals surface area contributed by atoms with E-state index in [2.05, 4.69) is 48.4 Å². The lowest BCUT2D eigenvalue weighted by molar-refractivity contribution is -0.127. The first-order valence-corrected chi connectivity index (χ1v) is 16.7. The molecule has 1 aromatic carbocycles. The van der Waals surface area contributed by atoms with Crippen LogP contribution < -0.4 is 15.5 Å². The van der Waals surface area contributed by atoms with Crippen LogP contribution in [0.3, 0.4) is 0 Å². The van der Waals surface area contributed by atoms with Crippen molar-refractivity contribution in [1.82, 2.24) is 14.9 Å². The fourth-order valence-electron chi connectivity index (χ4n) is 7.98. The smallest absolute Gasteiger partial charge is 0.240 e. The molecule has 1 aromatic rings. The number of fused-ring (bicyclic) bond motifs is 2. The number of hydrogen-bond donors (Lipinski definition) is 3. The van der Waals surface area contributed by atoms with Crippen LogP contribution in [0.15, 0.2) is 24.3 Å². The number of nitrogens with one attached hydrogen (secondary N) is 2. The molecule has 2 bridgehead atoms. The van der Waals surface area contributed by atoms with Crippen LogP contribution in [-0.4, -0.2) is 93.1 Å². The van der Waals surface area contributed by atoms with Gasteiger partial charge in [-0.25, -0.2) is 8.42 Å². The number of sulfonamides is 1. The molecule has 224 valence electrons. The topological polar surface area (TPSA) is 111 Å². The summed E-state index contributed by atoms with van der Waals surface area (Å²) < 4.78 is 35.1. The number of benzene rings is 1. The molecule has 5 rings (SSSR count). The molecule has 10 heteroatoms. The maximum Gasteiger partial charge on any atom is 0.240 e. The third-order valence-corrected chi connectivity index (χ3v) is 12.7. The lowest BCUT2D eigenvalue weighted by atomic mass is 9.69. The van der Waals surface area contributed by atoms with Gasteiger partial charge in [0.05, 0.1) is 11.9 Å². The van der Waals surface area contributed by atoms with Crippen LogP contribution in [0.1, 0.15) is 58.4 Å². The minimum absolute atomic E-state index is 0.0472. The zero-order valence-corrected chi connectivity index (χ0v) is 25.4. The summed E-state index contributed by atoms with van der Waals surface area (Å²) in [6, 6.07) is 7.37. The zero-order chi connectivity index (χ0) is 28.7. The summed E-state index contributed by atoms with van der Waals surface area (Å²) in [5, 5.41) is 17.1. The molecule has 3 unspecified atom stereocenters. The molecular weight excluding hydrogens is 528 g/mol. The molecule has 2 saturated carbocycles. The van der Waals surface area contributed by atoms with Crippen LogP contribution >= 0.6 is 0 Å². The first-order chi connectivity index (χ1) is 18.9. The second-order valence-electron chi connectivity index (χ2n) is 13.1. The van der Waals surface area contributed by atoms with Gasteiger partial charge in [-0.05, 0) is 68.9 Å². The van der Waals surface area contributed by atoms with Gasteiger partial charge in [-0.15, -0.1) is 0 Å². The van der Waals surface area contributed by atoms with E-state index in [1.807, 2.05) is 12.1 Å². The minimum atomic E-state index is -3.55. The second kappa shape index (κ2) is 11.5. The summed E-state index contributed by atoms with van der Waals surface area (Å²) in [5.41, 5.74) is 1.61. The van der Waals surface area contributed by atoms with Gasteiger partial charge >= 0.3 is 0 Å². The maximum absolute atomic E-state index is 14.0. The Morgan fingerprint density at radius 1 is 1.12 bits per heavy atom. The highest BCUT2D eigenvalue weighted by molar-refractivity contribution is 7.89. The van der Waals surface area contributed by atoms with Crippen LogP contribution in [0.4, 0.5) is 5.69 Å². The van der Waals surface area contributed by atoms with Crippen molar-refractivity contribution in [3.63, 3.8) is 0 Å². The van der Waals surface area contributed by atoms with Crippen molar-refractivity contribution in [3.8, 4) is 0 Å². The number of para-hydroxylation sites is 1. The van der Waals surface area contributed by atoms with Crippen molar-refractivity contribution in [1.29, 1.82) is 0 Å². The van der Waals surface area contributed by atoms with Crippen LogP contribution in [0, 0.1) is 23.7 Å². The van der Waals surface area contributed by atoms with Gasteiger partial charge in [-0.2, -0.15) is 4.31 Å². The Labute approximate surface area is 240 Å². The monoisotopic (exact) mass is 576 g/mol. The van der Waals surface area contributed by atoms with E-state index in [-0.39, 0.29) is 29.2 Å². The predicted octanol–water partition coefficient (Wildman–Crippen LogP) is 2.28. The molecule has 0 aromatic heterocycles. The van der Waals surface area contributed by atoms with E-state index < -0.39 is 27.6 Å². The molecule has 4 fully saturated rings. The standard InChI is InChI=1S/C30H48N4O5S/c1-21-7-5-6-8-25(21)33-13-15-34(16-14-33)40(37,38)20-30-12-9-23(29(30,3)4)19-26(30)32-28(36)27(22(2)35)31-24-10-17-39-18-11-24/h5-8,22-24,26-27,31,35H,9-20H2,1-4H3,(H,32,36)/t22-,23?,26?,27-,30?/m0/s1. The van der Waals surface area contributed by atoms with Gasteiger partial charge in [0.1, 0.15) is 6.04 Å². The molecule has 5 atom stereocenters. The first-order valence-electron chi connectivity index (χ1n) is 15.1. The highest BCUT2D eigenvalue weighted by Crippen LogP contribution is 2.66. The Hall–Kier alpha value is -1.72. The number of aliphatic hydroxyl groups excluding tert-OH is 1. The van der Waals surface area contributed by atoms with Gasteiger partial charge in [-0.1, -0.05) is 32.0 Å². The van der Waals surface area contributed by atoms with Gasteiger partial charge in [0, 0.05) is 62.6 Å². The molecule has 1 amide bonds. The number of nitrogens with zero attached hydrogens (tertiary/aromatic N) is 2. The normalized spacial score (nSPS) is 30.8. The first kappa shape index (κ1) is 29.8. The van der Waals surface area contributed by atoms with Crippen LogP contribution in [-0.2, 0) is 19.6 Å². The van der Waals surface area contributed by atoms with E-state index in [9.17, 15) is 18.3 Å². The third kappa shape index (κ3) is 5.54. The number of anilines is 1. The van der Waals surface area contributed by atoms with Crippen LogP contribution in [0.2, 0.25) is 0 Å². The van der Waals surface area contributed by atoms with Gasteiger partial charge in [0.15, 0.2) is 0 Å². The highest BCUT2D eigenvalue weighted by Gasteiger charge is 2.66. The molecule has 2 heterocycles. The lowest BCUT2D eigenvalue weighted by Crippen LogP contribution is -2.60. The zero-order valence-electron chi connectivity index (χ0n) is 24.6. The van der Waals surface area contributed by atoms with E-state index in [0.717, 1.165) is 32.1 Å². The van der Waals surface area contributed by atoms with Gasteiger partial charge in [0.25, 0.3) is 0 Å². The van der Waals surface area contributed by atoms with E-state index in [4.69, 9.17) is 4.74 Å². The van der Waals surface area contributed by atoms with Crippen molar-refractivity contribution < 1.29 is 23.1 Å². The SMILES string of the molecule is Cc1ccccc1N1CCN(S(=O)(=O)CC23CCC(CC2NC(=O)[C@@H](NC2CCOCC2)[C@H](C)O)C3(C)C)CC1. The summed E-state index contributed by atoms with van der Waals surface area (Å²) in [4.78, 5) is 15.9. The third-order valence-electron chi connectivity index (χ3n) is 10.7. The largest absolute Gasteiger partial charge is 0.391 e. The molecule has 4 aliphatic rings. The van der Waals surface area contributed by atoms with Crippen LogP contribution in [0.5, 0.6) is 0 Å². The molecule has 40 heavy (non-hydrogen) atoms. The molecule has 0 radical (unpaired) electrons. The predicted molar refractivity (Wildman–Crippen MR) is 157 cm³/mol. The fraction of sp³-hybridized carbons (Fsp3) is 0.767. The number of carbonyl (C=O) groups is 1.